The van der Waals surface area contributed by atoms with E-state index < -0.39 is 0 Å². The second-order valence-corrected chi connectivity index (χ2v) is 4.78. The number of hydrogen-bond acceptors (Lipinski definition) is 1. The van der Waals surface area contributed by atoms with E-state index in [4.69, 9.17) is 0 Å². The molecule has 0 saturated carbocycles. The molecule has 0 heterocycles. The van der Waals surface area contributed by atoms with E-state index in [-0.39, 0.29) is 11.9 Å². The van der Waals surface area contributed by atoms with Crippen LogP contribution in [0.15, 0.2) is 78.9 Å². The Morgan fingerprint density at radius 2 is 1.57 bits per heavy atom. The van der Waals surface area contributed by atoms with E-state index in [9.17, 15) is 4.79 Å². The molecule has 0 aliphatic carbocycles. The molecule has 106 valence electrons. The van der Waals surface area contributed by atoms with Gasteiger partial charge >= 0.3 is 0 Å². The van der Waals surface area contributed by atoms with E-state index in [1.165, 1.54) is 0 Å². The average Bonchev–Trinajstić information content (AvgIpc) is 2.53. The highest BCUT2D eigenvalue weighted by Crippen LogP contribution is 2.02. The molecule has 1 N–H and O–H groups in total. The fraction of sp³-hybridized carbons (Fsp3) is 0.105. The quantitative estimate of drug-likeness (QED) is 0.820. The third-order valence-corrected chi connectivity index (χ3v) is 2.99. The van der Waals surface area contributed by atoms with Crippen molar-refractivity contribution in [1.82, 2.24) is 5.32 Å². The third-order valence-electron chi connectivity index (χ3n) is 2.99. The molecule has 0 bridgehead atoms. The molecule has 0 aliphatic heterocycles. The summed E-state index contributed by atoms with van der Waals surface area (Å²) in [6.07, 6.45) is 7.91. The van der Waals surface area contributed by atoms with Gasteiger partial charge < -0.3 is 5.32 Å². The largest absolute Gasteiger partial charge is 0.346 e. The van der Waals surface area contributed by atoms with E-state index in [0.717, 1.165) is 5.56 Å². The van der Waals surface area contributed by atoms with Gasteiger partial charge in [0.15, 0.2) is 0 Å². The molecule has 2 aromatic carbocycles. The van der Waals surface area contributed by atoms with Crippen molar-refractivity contribution in [2.75, 3.05) is 0 Å². The number of carbonyl (C=O) groups is 1. The van der Waals surface area contributed by atoms with Crippen molar-refractivity contribution in [3.05, 3.63) is 90.0 Å². The van der Waals surface area contributed by atoms with Gasteiger partial charge in [-0.05, 0) is 24.6 Å². The van der Waals surface area contributed by atoms with Crippen LogP contribution in [0.3, 0.4) is 0 Å². The summed E-state index contributed by atoms with van der Waals surface area (Å²) in [7, 11) is 0. The number of hydrogen-bond donors (Lipinski definition) is 1. The van der Waals surface area contributed by atoms with Crippen molar-refractivity contribution >= 4 is 12.0 Å². The highest BCUT2D eigenvalue weighted by atomic mass is 16.1. The summed E-state index contributed by atoms with van der Waals surface area (Å²) in [5, 5.41) is 2.94. The van der Waals surface area contributed by atoms with Gasteiger partial charge in [-0.2, -0.15) is 0 Å². The van der Waals surface area contributed by atoms with Crippen molar-refractivity contribution in [2.24, 2.45) is 0 Å². The molecule has 2 rings (SSSR count). The Hall–Kier alpha value is -2.61. The van der Waals surface area contributed by atoms with Crippen LogP contribution in [0.2, 0.25) is 0 Å². The zero-order chi connectivity index (χ0) is 14.9. The Morgan fingerprint density at radius 3 is 2.24 bits per heavy atom. The molecule has 21 heavy (non-hydrogen) atoms. The molecular weight excluding hydrogens is 258 g/mol. The zero-order valence-electron chi connectivity index (χ0n) is 12.1. The van der Waals surface area contributed by atoms with Crippen molar-refractivity contribution in [1.29, 1.82) is 0 Å². The van der Waals surface area contributed by atoms with Crippen LogP contribution in [0.4, 0.5) is 0 Å². The third kappa shape index (κ3) is 5.11. The van der Waals surface area contributed by atoms with Gasteiger partial charge in [0.1, 0.15) is 0 Å². The molecule has 0 aromatic heterocycles. The number of rotatable bonds is 5. The first-order valence-electron chi connectivity index (χ1n) is 7.01. The van der Waals surface area contributed by atoms with Crippen molar-refractivity contribution in [3.63, 3.8) is 0 Å². The highest BCUT2D eigenvalue weighted by molar-refractivity contribution is 5.94. The SMILES string of the molecule is C[C@H](/C=C/C=C/c1ccccc1)NC(=O)c1ccccc1. The fourth-order valence-electron chi connectivity index (χ4n) is 1.89. The number of nitrogens with one attached hydrogen (secondary N) is 1. The lowest BCUT2D eigenvalue weighted by Gasteiger charge is -2.09. The van der Waals surface area contributed by atoms with Crippen LogP contribution in [0.5, 0.6) is 0 Å². The van der Waals surface area contributed by atoms with Crippen LogP contribution >= 0.6 is 0 Å². The van der Waals surface area contributed by atoms with Crippen LogP contribution < -0.4 is 5.32 Å². The first kappa shape index (κ1) is 14.8. The Labute approximate surface area is 125 Å². The maximum atomic E-state index is 11.9. The van der Waals surface area contributed by atoms with Gasteiger partial charge in [-0.15, -0.1) is 0 Å². The highest BCUT2D eigenvalue weighted by Gasteiger charge is 2.05. The first-order chi connectivity index (χ1) is 10.3. The Morgan fingerprint density at radius 1 is 0.952 bits per heavy atom. The summed E-state index contributed by atoms with van der Waals surface area (Å²) >= 11 is 0. The lowest BCUT2D eigenvalue weighted by molar-refractivity contribution is 0.0947. The molecule has 2 aromatic rings. The van der Waals surface area contributed by atoms with Gasteiger partial charge in [-0.25, -0.2) is 0 Å². The van der Waals surface area contributed by atoms with Crippen LogP contribution in [-0.4, -0.2) is 11.9 Å². The standard InChI is InChI=1S/C19H19NO/c1-16(20-19(21)18-14-6-3-7-15-18)10-8-9-13-17-11-4-2-5-12-17/h2-16H,1H3,(H,20,21)/b10-8+,13-9+/t16-/m1/s1. The van der Waals surface area contributed by atoms with E-state index in [1.807, 2.05) is 79.8 Å². The minimum absolute atomic E-state index is 0.0156. The number of allylic oxidation sites excluding steroid dienone is 2. The molecule has 0 unspecified atom stereocenters. The first-order valence-corrected chi connectivity index (χ1v) is 7.01. The number of carbonyl (C=O) groups excluding carboxylic acids is 1. The van der Waals surface area contributed by atoms with Crippen LogP contribution in [0.1, 0.15) is 22.8 Å². The molecule has 0 fully saturated rings. The molecule has 0 spiro atoms. The molecule has 0 radical (unpaired) electrons. The minimum atomic E-state index is -0.0558. The van der Waals surface area contributed by atoms with E-state index >= 15 is 0 Å². The summed E-state index contributed by atoms with van der Waals surface area (Å²) in [5.74, 6) is -0.0558. The van der Waals surface area contributed by atoms with E-state index in [0.29, 0.717) is 5.56 Å². The molecule has 0 aliphatic rings. The fourth-order valence-corrected chi connectivity index (χ4v) is 1.89. The summed E-state index contributed by atoms with van der Waals surface area (Å²) in [4.78, 5) is 11.9. The van der Waals surface area contributed by atoms with Gasteiger partial charge in [-0.1, -0.05) is 72.8 Å². The normalized spacial score (nSPS) is 12.6. The van der Waals surface area contributed by atoms with Crippen molar-refractivity contribution in [3.8, 4) is 0 Å². The monoisotopic (exact) mass is 277 g/mol. The maximum absolute atomic E-state index is 11.9. The molecule has 2 heteroatoms. The van der Waals surface area contributed by atoms with Gasteiger partial charge in [0.25, 0.3) is 5.91 Å². The second-order valence-electron chi connectivity index (χ2n) is 4.78. The lowest BCUT2D eigenvalue weighted by Crippen LogP contribution is -2.30. The topological polar surface area (TPSA) is 29.1 Å². The predicted molar refractivity (Wildman–Crippen MR) is 88.0 cm³/mol. The van der Waals surface area contributed by atoms with Crippen molar-refractivity contribution < 1.29 is 4.79 Å². The summed E-state index contributed by atoms with van der Waals surface area (Å²) in [6.45, 7) is 1.95. The second kappa shape index (κ2) is 7.85. The molecular formula is C19H19NO. The molecule has 0 saturated heterocycles. The smallest absolute Gasteiger partial charge is 0.251 e. The summed E-state index contributed by atoms with van der Waals surface area (Å²) in [6, 6.07) is 19.3. The summed E-state index contributed by atoms with van der Waals surface area (Å²) < 4.78 is 0. The predicted octanol–water partition coefficient (Wildman–Crippen LogP) is 4.07. The average molecular weight is 277 g/mol. The van der Waals surface area contributed by atoms with Crippen LogP contribution in [0.25, 0.3) is 6.08 Å². The molecule has 1 atom stereocenters. The Balaban J connectivity index is 1.84. The van der Waals surface area contributed by atoms with Crippen LogP contribution in [0, 0.1) is 0 Å². The minimum Gasteiger partial charge on any atom is -0.346 e. The zero-order valence-corrected chi connectivity index (χ0v) is 12.1. The molecule has 1 amide bonds. The Kier molecular flexibility index (Phi) is 5.53. The van der Waals surface area contributed by atoms with Gasteiger partial charge in [0.05, 0.1) is 0 Å². The van der Waals surface area contributed by atoms with Gasteiger partial charge in [0.2, 0.25) is 0 Å². The lowest BCUT2D eigenvalue weighted by atomic mass is 10.2. The Bertz CT molecular complexity index is 615. The van der Waals surface area contributed by atoms with Crippen LogP contribution in [-0.2, 0) is 0 Å². The maximum Gasteiger partial charge on any atom is 0.251 e. The number of amides is 1. The van der Waals surface area contributed by atoms with Crippen molar-refractivity contribution in [2.45, 2.75) is 13.0 Å². The van der Waals surface area contributed by atoms with Gasteiger partial charge in [-0.3, -0.25) is 4.79 Å². The van der Waals surface area contributed by atoms with Gasteiger partial charge in [0, 0.05) is 11.6 Å². The summed E-state index contributed by atoms with van der Waals surface area (Å²) in [5.41, 5.74) is 1.83. The van der Waals surface area contributed by atoms with E-state index in [1.54, 1.807) is 12.1 Å². The number of benzene rings is 2. The van der Waals surface area contributed by atoms with E-state index in [2.05, 4.69) is 5.32 Å². The molecule has 2 nitrogen and oxygen atoms in total.